The van der Waals surface area contributed by atoms with Gasteiger partial charge in [0.05, 0.1) is 0 Å². The number of nitrogens with one attached hydrogen (secondary N) is 2. The van der Waals surface area contributed by atoms with Crippen molar-refractivity contribution in [3.8, 4) is 0 Å². The Morgan fingerprint density at radius 2 is 1.94 bits per heavy atom. The van der Waals surface area contributed by atoms with Crippen LogP contribution in [0.4, 0.5) is 0 Å². The molecular weight excluding hydrogens is 216 g/mol. The van der Waals surface area contributed by atoms with Gasteiger partial charge in [-0.1, -0.05) is 12.1 Å². The van der Waals surface area contributed by atoms with E-state index in [4.69, 9.17) is 5.11 Å². The minimum atomic E-state index is -0.0625. The Kier molecular flexibility index (Phi) is 6.29. The van der Waals surface area contributed by atoms with Crippen molar-refractivity contribution in [2.45, 2.75) is 19.4 Å². The Hall–Kier alpha value is -1.39. The van der Waals surface area contributed by atoms with Crippen molar-refractivity contribution < 1.29 is 9.90 Å². The first-order valence-electron chi connectivity index (χ1n) is 5.90. The minimum Gasteiger partial charge on any atom is -0.396 e. The van der Waals surface area contributed by atoms with E-state index in [2.05, 4.69) is 10.6 Å². The van der Waals surface area contributed by atoms with Gasteiger partial charge >= 0.3 is 0 Å². The van der Waals surface area contributed by atoms with Gasteiger partial charge < -0.3 is 15.7 Å². The largest absolute Gasteiger partial charge is 0.396 e. The smallest absolute Gasteiger partial charge is 0.251 e. The van der Waals surface area contributed by atoms with E-state index in [1.165, 1.54) is 0 Å². The molecule has 0 aliphatic rings. The topological polar surface area (TPSA) is 61.4 Å². The third-order valence-electron chi connectivity index (χ3n) is 2.53. The van der Waals surface area contributed by atoms with E-state index in [0.29, 0.717) is 5.56 Å². The predicted octanol–water partition coefficient (Wildman–Crippen LogP) is 0.908. The second kappa shape index (κ2) is 7.81. The summed E-state index contributed by atoms with van der Waals surface area (Å²) in [4.78, 5) is 11.3. The maximum absolute atomic E-state index is 11.3. The quantitative estimate of drug-likeness (QED) is 0.617. The average Bonchev–Trinajstić information content (AvgIpc) is 2.38. The average molecular weight is 236 g/mol. The molecule has 0 saturated heterocycles. The predicted molar refractivity (Wildman–Crippen MR) is 67.9 cm³/mol. The van der Waals surface area contributed by atoms with E-state index in [1.54, 1.807) is 7.05 Å². The molecule has 1 amide bonds. The number of hydrogen-bond donors (Lipinski definition) is 3. The second-order valence-electron chi connectivity index (χ2n) is 3.88. The molecule has 0 aliphatic heterocycles. The van der Waals surface area contributed by atoms with E-state index >= 15 is 0 Å². The molecule has 0 unspecified atom stereocenters. The summed E-state index contributed by atoms with van der Waals surface area (Å²) in [5.41, 5.74) is 1.83. The van der Waals surface area contributed by atoms with Crippen LogP contribution in [0.5, 0.6) is 0 Å². The zero-order chi connectivity index (χ0) is 12.5. The summed E-state index contributed by atoms with van der Waals surface area (Å²) in [5.74, 6) is -0.0625. The molecule has 0 spiro atoms. The van der Waals surface area contributed by atoms with Crippen LogP contribution in [0, 0.1) is 0 Å². The number of aliphatic hydroxyl groups excluding tert-OH is 1. The number of aliphatic hydroxyl groups is 1. The molecule has 94 valence electrons. The summed E-state index contributed by atoms with van der Waals surface area (Å²) in [7, 11) is 1.62. The third kappa shape index (κ3) is 4.97. The van der Waals surface area contributed by atoms with Gasteiger partial charge in [-0.05, 0) is 37.1 Å². The number of unbranched alkanes of at least 4 members (excludes halogenated alkanes) is 1. The Bertz CT molecular complexity index is 336. The fraction of sp³-hybridized carbons (Fsp3) is 0.462. The van der Waals surface area contributed by atoms with Crippen LogP contribution in [0.25, 0.3) is 0 Å². The van der Waals surface area contributed by atoms with Crippen molar-refractivity contribution in [1.82, 2.24) is 10.6 Å². The minimum absolute atomic E-state index is 0.0625. The van der Waals surface area contributed by atoms with E-state index < -0.39 is 0 Å². The summed E-state index contributed by atoms with van der Waals surface area (Å²) >= 11 is 0. The molecule has 0 aliphatic carbocycles. The number of carbonyl (C=O) groups is 1. The molecule has 1 aromatic carbocycles. The Morgan fingerprint density at radius 1 is 1.24 bits per heavy atom. The maximum Gasteiger partial charge on any atom is 0.251 e. The molecule has 1 rings (SSSR count). The zero-order valence-corrected chi connectivity index (χ0v) is 10.2. The van der Waals surface area contributed by atoms with Crippen molar-refractivity contribution in [2.24, 2.45) is 0 Å². The third-order valence-corrected chi connectivity index (χ3v) is 2.53. The van der Waals surface area contributed by atoms with Crippen LogP contribution in [0.15, 0.2) is 24.3 Å². The van der Waals surface area contributed by atoms with Gasteiger partial charge in [-0.3, -0.25) is 4.79 Å². The van der Waals surface area contributed by atoms with Crippen molar-refractivity contribution in [3.05, 3.63) is 35.4 Å². The second-order valence-corrected chi connectivity index (χ2v) is 3.88. The highest BCUT2D eigenvalue weighted by atomic mass is 16.2. The number of carbonyl (C=O) groups excluding carboxylic acids is 1. The molecule has 0 aromatic heterocycles. The molecule has 0 atom stereocenters. The van der Waals surface area contributed by atoms with Gasteiger partial charge in [-0.25, -0.2) is 0 Å². The Balaban J connectivity index is 2.33. The van der Waals surface area contributed by atoms with E-state index in [-0.39, 0.29) is 12.5 Å². The molecule has 4 nitrogen and oxygen atoms in total. The number of hydrogen-bond acceptors (Lipinski definition) is 3. The van der Waals surface area contributed by atoms with Crippen molar-refractivity contribution in [3.63, 3.8) is 0 Å². The molecule has 1 aromatic rings. The van der Waals surface area contributed by atoms with Crippen LogP contribution in [-0.4, -0.2) is 31.2 Å². The number of rotatable bonds is 7. The first-order valence-corrected chi connectivity index (χ1v) is 5.90. The lowest BCUT2D eigenvalue weighted by Gasteiger charge is -2.05. The van der Waals surface area contributed by atoms with Crippen LogP contribution in [0.3, 0.4) is 0 Å². The van der Waals surface area contributed by atoms with Gasteiger partial charge in [-0.15, -0.1) is 0 Å². The van der Waals surface area contributed by atoms with Crippen molar-refractivity contribution >= 4 is 5.91 Å². The molecule has 17 heavy (non-hydrogen) atoms. The SMILES string of the molecule is CNC(=O)c1ccc(CNCCCCO)cc1. The first-order chi connectivity index (χ1) is 8.27. The molecule has 0 radical (unpaired) electrons. The normalized spacial score (nSPS) is 10.2. The molecule has 4 heteroatoms. The fourth-order valence-electron chi connectivity index (χ4n) is 1.51. The van der Waals surface area contributed by atoms with Gasteiger partial charge in [0, 0.05) is 25.8 Å². The van der Waals surface area contributed by atoms with Gasteiger partial charge in [0.1, 0.15) is 0 Å². The maximum atomic E-state index is 11.3. The van der Waals surface area contributed by atoms with Crippen LogP contribution in [-0.2, 0) is 6.54 Å². The van der Waals surface area contributed by atoms with Crippen LogP contribution >= 0.6 is 0 Å². The van der Waals surface area contributed by atoms with Gasteiger partial charge in [-0.2, -0.15) is 0 Å². The zero-order valence-electron chi connectivity index (χ0n) is 10.2. The number of benzene rings is 1. The lowest BCUT2D eigenvalue weighted by molar-refractivity contribution is 0.0963. The van der Waals surface area contributed by atoms with Gasteiger partial charge in [0.15, 0.2) is 0 Å². The molecule has 0 saturated carbocycles. The fourth-order valence-corrected chi connectivity index (χ4v) is 1.51. The van der Waals surface area contributed by atoms with E-state index in [9.17, 15) is 4.79 Å². The number of amides is 1. The monoisotopic (exact) mass is 236 g/mol. The van der Waals surface area contributed by atoms with Gasteiger partial charge in [0.2, 0.25) is 0 Å². The van der Waals surface area contributed by atoms with E-state index in [1.807, 2.05) is 24.3 Å². The summed E-state index contributed by atoms with van der Waals surface area (Å²) in [6.45, 7) is 1.94. The molecule has 0 bridgehead atoms. The summed E-state index contributed by atoms with van der Waals surface area (Å²) in [6, 6.07) is 7.54. The summed E-state index contributed by atoms with van der Waals surface area (Å²) in [6.07, 6.45) is 1.81. The standard InChI is InChI=1S/C13H20N2O2/c1-14-13(17)12-6-4-11(5-7-12)10-15-8-2-3-9-16/h4-7,15-16H,2-3,8-10H2,1H3,(H,14,17). The van der Waals surface area contributed by atoms with Crippen molar-refractivity contribution in [2.75, 3.05) is 20.2 Å². The Morgan fingerprint density at radius 3 is 2.53 bits per heavy atom. The molecule has 0 heterocycles. The lowest BCUT2D eigenvalue weighted by Crippen LogP contribution is -2.18. The molecule has 0 fully saturated rings. The lowest BCUT2D eigenvalue weighted by atomic mass is 10.1. The Labute approximate surface area is 102 Å². The molecule has 3 N–H and O–H groups in total. The highest BCUT2D eigenvalue weighted by Gasteiger charge is 2.01. The van der Waals surface area contributed by atoms with Crippen LogP contribution in [0.1, 0.15) is 28.8 Å². The van der Waals surface area contributed by atoms with Crippen LogP contribution in [0.2, 0.25) is 0 Å². The van der Waals surface area contributed by atoms with E-state index in [0.717, 1.165) is 31.5 Å². The van der Waals surface area contributed by atoms with Gasteiger partial charge in [0.25, 0.3) is 5.91 Å². The molecular formula is C13H20N2O2. The van der Waals surface area contributed by atoms with Crippen molar-refractivity contribution in [1.29, 1.82) is 0 Å². The highest BCUT2D eigenvalue weighted by molar-refractivity contribution is 5.93. The highest BCUT2D eigenvalue weighted by Crippen LogP contribution is 2.04. The first kappa shape index (κ1) is 13.7. The van der Waals surface area contributed by atoms with Crippen LogP contribution < -0.4 is 10.6 Å². The summed E-state index contributed by atoms with van der Waals surface area (Å²) < 4.78 is 0. The summed E-state index contributed by atoms with van der Waals surface area (Å²) in [5, 5.41) is 14.5.